The van der Waals surface area contributed by atoms with Crippen LogP contribution in [-0.2, 0) is 0 Å². The molecule has 1 atom stereocenters. The number of anilines is 1. The first kappa shape index (κ1) is 22.6. The molecule has 0 unspecified atom stereocenters. The Bertz CT molecular complexity index is 1290. The van der Waals surface area contributed by atoms with E-state index in [2.05, 4.69) is 57.6 Å². The molecule has 5 rings (SSSR count). The Morgan fingerprint density at radius 3 is 3.06 bits per heavy atom. The Morgan fingerprint density at radius 2 is 2.18 bits per heavy atom. The predicted octanol–water partition coefficient (Wildman–Crippen LogP) is 6.41. The van der Waals surface area contributed by atoms with Crippen LogP contribution in [0.25, 0.3) is 22.4 Å². The van der Waals surface area contributed by atoms with Crippen LogP contribution in [0.15, 0.2) is 58.3 Å². The standard InChI is InChI=1S/C23H21BrClFN6S/c24-15-4-1-5-17(7-15)33-32-6-2-3-14(13-32)9-27-23-20(26)12-30-22(31-23)19-11-29-21-18(19)8-16(25)10-28-21/h1,4-5,7-8,10-12,14H,2-3,6,9,13H2,(H,28,29)(H,27,30,31)/t14-/m1/s1. The molecular formula is C23H21BrClFN6S. The van der Waals surface area contributed by atoms with Crippen molar-refractivity contribution in [3.63, 3.8) is 0 Å². The lowest BCUT2D eigenvalue weighted by Gasteiger charge is -2.31. The highest BCUT2D eigenvalue weighted by atomic mass is 79.9. The summed E-state index contributed by atoms with van der Waals surface area (Å²) in [4.78, 5) is 17.2. The smallest absolute Gasteiger partial charge is 0.183 e. The van der Waals surface area contributed by atoms with E-state index in [1.807, 2.05) is 12.1 Å². The number of nitrogens with zero attached hydrogens (tertiary/aromatic N) is 4. The third-order valence-corrected chi connectivity index (χ3v) is 7.31. The van der Waals surface area contributed by atoms with Gasteiger partial charge in [-0.05, 0) is 55.0 Å². The first-order valence-electron chi connectivity index (χ1n) is 10.6. The Labute approximate surface area is 208 Å². The molecule has 0 aliphatic carbocycles. The van der Waals surface area contributed by atoms with E-state index in [0.29, 0.717) is 29.0 Å². The second kappa shape index (κ2) is 9.97. The van der Waals surface area contributed by atoms with Crippen LogP contribution in [0.5, 0.6) is 0 Å². The van der Waals surface area contributed by atoms with Crippen LogP contribution in [0.4, 0.5) is 10.2 Å². The van der Waals surface area contributed by atoms with Gasteiger partial charge in [0.05, 0.1) is 11.2 Å². The number of fused-ring (bicyclic) bond motifs is 1. The van der Waals surface area contributed by atoms with E-state index >= 15 is 0 Å². The lowest BCUT2D eigenvalue weighted by atomic mass is 10.00. The maximum absolute atomic E-state index is 14.5. The minimum Gasteiger partial charge on any atom is -0.367 e. The summed E-state index contributed by atoms with van der Waals surface area (Å²) >= 11 is 11.4. The zero-order valence-electron chi connectivity index (χ0n) is 17.6. The van der Waals surface area contributed by atoms with Crippen LogP contribution in [-0.4, -0.2) is 43.9 Å². The summed E-state index contributed by atoms with van der Waals surface area (Å²) in [5, 5.41) is 4.54. The van der Waals surface area contributed by atoms with Gasteiger partial charge in [-0.2, -0.15) is 0 Å². The molecule has 2 N–H and O–H groups in total. The highest BCUT2D eigenvalue weighted by molar-refractivity contribution is 9.10. The van der Waals surface area contributed by atoms with Crippen molar-refractivity contribution in [1.82, 2.24) is 24.2 Å². The van der Waals surface area contributed by atoms with Crippen LogP contribution in [0, 0.1) is 11.7 Å². The molecule has 0 saturated carbocycles. The molecule has 0 spiro atoms. The van der Waals surface area contributed by atoms with E-state index in [4.69, 9.17) is 11.6 Å². The number of rotatable bonds is 6. The van der Waals surface area contributed by atoms with Gasteiger partial charge in [0.15, 0.2) is 17.5 Å². The molecule has 1 saturated heterocycles. The van der Waals surface area contributed by atoms with Crippen molar-refractivity contribution < 1.29 is 4.39 Å². The van der Waals surface area contributed by atoms with Crippen molar-refractivity contribution in [2.75, 3.05) is 25.0 Å². The van der Waals surface area contributed by atoms with Crippen LogP contribution in [0.3, 0.4) is 0 Å². The third kappa shape index (κ3) is 5.32. The second-order valence-electron chi connectivity index (χ2n) is 7.97. The molecule has 1 fully saturated rings. The van der Waals surface area contributed by atoms with Crippen LogP contribution in [0.2, 0.25) is 5.02 Å². The van der Waals surface area contributed by atoms with Crippen molar-refractivity contribution in [2.45, 2.75) is 17.7 Å². The fraction of sp³-hybridized carbons (Fsp3) is 0.261. The van der Waals surface area contributed by atoms with Gasteiger partial charge in [0, 0.05) is 52.3 Å². The van der Waals surface area contributed by atoms with Gasteiger partial charge in [-0.3, -0.25) is 0 Å². The van der Waals surface area contributed by atoms with E-state index in [1.54, 1.807) is 30.4 Å². The van der Waals surface area contributed by atoms with Crippen LogP contribution < -0.4 is 5.32 Å². The molecule has 6 nitrogen and oxygen atoms in total. The molecule has 10 heteroatoms. The number of hydrogen-bond donors (Lipinski definition) is 2. The molecule has 4 aromatic rings. The number of aromatic nitrogens is 4. The summed E-state index contributed by atoms with van der Waals surface area (Å²) in [5.74, 6) is 0.559. The number of pyridine rings is 1. The minimum absolute atomic E-state index is 0.209. The highest BCUT2D eigenvalue weighted by Crippen LogP contribution is 2.31. The average Bonchev–Trinajstić information content (AvgIpc) is 3.22. The normalized spacial score (nSPS) is 16.9. The number of halogens is 3. The SMILES string of the molecule is Fc1cnc(-c2c[nH]c3ncc(Cl)cc23)nc1NC[C@H]1CCCN(Sc2cccc(Br)c2)C1. The molecule has 0 amide bonds. The topological polar surface area (TPSA) is 69.7 Å². The van der Waals surface area contributed by atoms with Crippen molar-refractivity contribution >= 4 is 56.3 Å². The summed E-state index contributed by atoms with van der Waals surface area (Å²) < 4.78 is 17.9. The Morgan fingerprint density at radius 1 is 1.27 bits per heavy atom. The van der Waals surface area contributed by atoms with Gasteiger partial charge in [-0.25, -0.2) is 23.6 Å². The third-order valence-electron chi connectivity index (χ3n) is 5.55. The molecule has 1 aliphatic heterocycles. The van der Waals surface area contributed by atoms with Crippen LogP contribution >= 0.6 is 39.5 Å². The fourth-order valence-corrected chi connectivity index (χ4v) is 5.81. The van der Waals surface area contributed by atoms with Gasteiger partial charge in [0.1, 0.15) is 5.65 Å². The summed E-state index contributed by atoms with van der Waals surface area (Å²) in [6.45, 7) is 2.61. The van der Waals surface area contributed by atoms with Gasteiger partial charge in [0.25, 0.3) is 0 Å². The number of nitrogens with one attached hydrogen (secondary N) is 2. The Balaban J connectivity index is 1.27. The number of aromatic amines is 1. The lowest BCUT2D eigenvalue weighted by Crippen LogP contribution is -2.34. The molecule has 0 bridgehead atoms. The number of H-pyrrole nitrogens is 1. The fourth-order valence-electron chi connectivity index (χ4n) is 3.97. The van der Waals surface area contributed by atoms with Gasteiger partial charge >= 0.3 is 0 Å². The molecule has 170 valence electrons. The van der Waals surface area contributed by atoms with Crippen molar-refractivity contribution in [3.8, 4) is 11.4 Å². The molecule has 1 aromatic carbocycles. The predicted molar refractivity (Wildman–Crippen MR) is 135 cm³/mol. The van der Waals surface area contributed by atoms with E-state index < -0.39 is 5.82 Å². The highest BCUT2D eigenvalue weighted by Gasteiger charge is 2.22. The summed E-state index contributed by atoms with van der Waals surface area (Å²) in [7, 11) is 0. The molecule has 4 heterocycles. The van der Waals surface area contributed by atoms with E-state index in [9.17, 15) is 4.39 Å². The molecular weight excluding hydrogens is 527 g/mol. The van der Waals surface area contributed by atoms with Gasteiger partial charge in [-0.1, -0.05) is 33.6 Å². The number of piperidine rings is 1. The van der Waals surface area contributed by atoms with Gasteiger partial charge < -0.3 is 10.3 Å². The molecule has 1 aliphatic rings. The summed E-state index contributed by atoms with van der Waals surface area (Å²) in [6, 6.07) is 10.1. The Kier molecular flexibility index (Phi) is 6.82. The quantitative estimate of drug-likeness (QED) is 0.272. The zero-order valence-corrected chi connectivity index (χ0v) is 20.7. The summed E-state index contributed by atoms with van der Waals surface area (Å²) in [5.41, 5.74) is 1.42. The molecule has 3 aromatic heterocycles. The first-order chi connectivity index (χ1) is 16.0. The van der Waals surface area contributed by atoms with Crippen molar-refractivity contribution in [2.24, 2.45) is 5.92 Å². The Hall–Kier alpha value is -2.20. The maximum Gasteiger partial charge on any atom is 0.183 e. The first-order valence-corrected chi connectivity index (χ1v) is 12.6. The van der Waals surface area contributed by atoms with Crippen LogP contribution in [0.1, 0.15) is 12.8 Å². The van der Waals surface area contributed by atoms with Gasteiger partial charge in [0.2, 0.25) is 0 Å². The van der Waals surface area contributed by atoms with Crippen molar-refractivity contribution in [1.29, 1.82) is 0 Å². The second-order valence-corrected chi connectivity index (χ2v) is 10.5. The number of benzene rings is 1. The van der Waals surface area contributed by atoms with E-state index in [0.717, 1.165) is 41.4 Å². The number of hydrogen-bond acceptors (Lipinski definition) is 6. The molecule has 0 radical (unpaired) electrons. The lowest BCUT2D eigenvalue weighted by molar-refractivity contribution is 0.295. The van der Waals surface area contributed by atoms with E-state index in [1.165, 1.54) is 11.1 Å². The average molecular weight is 548 g/mol. The summed E-state index contributed by atoms with van der Waals surface area (Å²) in [6.07, 6.45) is 6.74. The molecule has 33 heavy (non-hydrogen) atoms. The van der Waals surface area contributed by atoms with E-state index in [-0.39, 0.29) is 5.82 Å². The largest absolute Gasteiger partial charge is 0.367 e. The van der Waals surface area contributed by atoms with Crippen molar-refractivity contribution in [3.05, 3.63) is 64.2 Å². The maximum atomic E-state index is 14.5. The van der Waals surface area contributed by atoms with Gasteiger partial charge in [-0.15, -0.1) is 0 Å². The zero-order chi connectivity index (χ0) is 22.8. The monoisotopic (exact) mass is 546 g/mol. The minimum atomic E-state index is -0.467.